The highest BCUT2D eigenvalue weighted by Gasteiger charge is 2.13. The number of unbranched alkanes of at least 4 members (excludes halogenated alkanes) is 1. The number of halogens is 1. The Balaban J connectivity index is 2.33. The molecule has 0 radical (unpaired) electrons. The van der Waals surface area contributed by atoms with Gasteiger partial charge in [0.15, 0.2) is 0 Å². The number of benzene rings is 1. The van der Waals surface area contributed by atoms with Crippen LogP contribution in [-0.4, -0.2) is 23.9 Å². The van der Waals surface area contributed by atoms with Crippen molar-refractivity contribution in [3.8, 4) is 0 Å². The Morgan fingerprint density at radius 3 is 2.94 bits per heavy atom. The van der Waals surface area contributed by atoms with Crippen LogP contribution in [0.3, 0.4) is 0 Å². The second-order valence-corrected chi connectivity index (χ2v) is 4.56. The molecule has 0 fully saturated rings. The number of fused-ring (bicyclic) bond motifs is 1. The molecule has 0 unspecified atom stereocenters. The molecule has 2 rings (SSSR count). The van der Waals surface area contributed by atoms with E-state index in [0.717, 1.165) is 30.2 Å². The number of carbonyl (C=O) groups excluding carboxylic acids is 1. The predicted octanol–water partition coefficient (Wildman–Crippen LogP) is 3.52. The van der Waals surface area contributed by atoms with E-state index in [2.05, 4.69) is 4.98 Å². The van der Waals surface area contributed by atoms with E-state index in [1.165, 1.54) is 12.7 Å². The highest BCUT2D eigenvalue weighted by Crippen LogP contribution is 2.23. The Bertz CT molecular complexity index is 548. The van der Waals surface area contributed by atoms with Gasteiger partial charge in [0.05, 0.1) is 18.2 Å². The van der Waals surface area contributed by atoms with Crippen LogP contribution in [0.5, 0.6) is 0 Å². The lowest BCUT2D eigenvalue weighted by Gasteiger charge is -2.02. The number of aryl methyl sites for hydroxylation is 1. The van der Waals surface area contributed by atoms with E-state index < -0.39 is 0 Å². The van der Waals surface area contributed by atoms with Gasteiger partial charge < -0.3 is 9.72 Å². The Hall–Kier alpha value is -1.48. The van der Waals surface area contributed by atoms with Crippen LogP contribution in [0, 0.1) is 0 Å². The van der Waals surface area contributed by atoms with Gasteiger partial charge in [0.2, 0.25) is 0 Å². The summed E-state index contributed by atoms with van der Waals surface area (Å²) in [5, 5.41) is 1.09. The monoisotopic (exact) mass is 265 g/mol. The first-order chi connectivity index (χ1) is 8.77. The van der Waals surface area contributed by atoms with E-state index in [1.807, 2.05) is 18.3 Å². The highest BCUT2D eigenvalue weighted by molar-refractivity contribution is 6.17. The second kappa shape index (κ2) is 5.91. The van der Waals surface area contributed by atoms with Crippen molar-refractivity contribution in [2.75, 3.05) is 13.0 Å². The van der Waals surface area contributed by atoms with Crippen LogP contribution in [0.25, 0.3) is 10.9 Å². The molecule has 0 aliphatic heterocycles. The fraction of sp³-hybridized carbons (Fsp3) is 0.357. The first-order valence-corrected chi connectivity index (χ1v) is 6.54. The van der Waals surface area contributed by atoms with Crippen LogP contribution in [-0.2, 0) is 11.2 Å². The third-order valence-electron chi connectivity index (χ3n) is 3.04. The first-order valence-electron chi connectivity index (χ1n) is 6.01. The molecule has 0 spiro atoms. The molecule has 0 bridgehead atoms. The number of para-hydroxylation sites is 1. The zero-order chi connectivity index (χ0) is 13.0. The molecule has 3 nitrogen and oxygen atoms in total. The molecule has 2 aromatic rings. The third kappa shape index (κ3) is 2.51. The van der Waals surface area contributed by atoms with Crippen molar-refractivity contribution in [1.29, 1.82) is 0 Å². The molecular formula is C14H16ClNO2. The molecular weight excluding hydrogens is 250 g/mol. The summed E-state index contributed by atoms with van der Waals surface area (Å²) in [5.74, 6) is 0.380. The largest absolute Gasteiger partial charge is 0.465 e. The quantitative estimate of drug-likeness (QED) is 0.511. The summed E-state index contributed by atoms with van der Waals surface area (Å²) >= 11 is 5.68. The van der Waals surface area contributed by atoms with Crippen molar-refractivity contribution in [1.82, 2.24) is 4.98 Å². The number of alkyl halides is 1. The van der Waals surface area contributed by atoms with Crippen molar-refractivity contribution in [2.24, 2.45) is 0 Å². The average molecular weight is 266 g/mol. The van der Waals surface area contributed by atoms with Gasteiger partial charge in [-0.15, -0.1) is 11.6 Å². The van der Waals surface area contributed by atoms with Crippen molar-refractivity contribution in [3.05, 3.63) is 35.5 Å². The van der Waals surface area contributed by atoms with Crippen molar-refractivity contribution in [2.45, 2.75) is 19.3 Å². The lowest BCUT2D eigenvalue weighted by molar-refractivity contribution is 0.0603. The van der Waals surface area contributed by atoms with Crippen LogP contribution >= 0.6 is 11.6 Å². The molecule has 0 aliphatic carbocycles. The van der Waals surface area contributed by atoms with Crippen molar-refractivity contribution < 1.29 is 9.53 Å². The summed E-state index contributed by atoms with van der Waals surface area (Å²) in [6.45, 7) is 0. The molecule has 0 aliphatic rings. The standard InChI is InChI=1S/C14H16ClNO2/c1-18-14(17)12-7-4-6-11-10(5-2-3-8-15)9-16-13(11)12/h4,6-7,9,16H,2-3,5,8H2,1H3. The topological polar surface area (TPSA) is 42.1 Å². The molecule has 1 N–H and O–H groups in total. The van der Waals surface area contributed by atoms with Gasteiger partial charge in [0.1, 0.15) is 0 Å². The van der Waals surface area contributed by atoms with Crippen LogP contribution < -0.4 is 0 Å². The number of ether oxygens (including phenoxy) is 1. The molecule has 1 aromatic carbocycles. The molecule has 0 saturated carbocycles. The summed E-state index contributed by atoms with van der Waals surface area (Å²) in [6.07, 6.45) is 4.99. The average Bonchev–Trinajstić information content (AvgIpc) is 2.81. The Labute approximate surface area is 111 Å². The fourth-order valence-corrected chi connectivity index (χ4v) is 2.30. The molecule has 0 atom stereocenters. The van der Waals surface area contributed by atoms with Gasteiger partial charge in [-0.1, -0.05) is 12.1 Å². The summed E-state index contributed by atoms with van der Waals surface area (Å²) in [6, 6.07) is 5.68. The number of hydrogen-bond donors (Lipinski definition) is 1. The van der Waals surface area contributed by atoms with Gasteiger partial charge in [0, 0.05) is 17.5 Å². The molecule has 0 saturated heterocycles. The molecule has 1 heterocycles. The Kier molecular flexibility index (Phi) is 4.26. The minimum absolute atomic E-state index is 0.310. The number of rotatable bonds is 5. The molecule has 18 heavy (non-hydrogen) atoms. The number of aromatic nitrogens is 1. The lowest BCUT2D eigenvalue weighted by Crippen LogP contribution is -2.01. The summed E-state index contributed by atoms with van der Waals surface area (Å²) in [7, 11) is 1.39. The minimum atomic E-state index is -0.310. The third-order valence-corrected chi connectivity index (χ3v) is 3.30. The summed E-state index contributed by atoms with van der Waals surface area (Å²) in [5.41, 5.74) is 2.66. The maximum absolute atomic E-state index is 11.6. The normalized spacial score (nSPS) is 10.8. The number of carbonyl (C=O) groups is 1. The van der Waals surface area contributed by atoms with E-state index in [4.69, 9.17) is 16.3 Å². The molecule has 1 aromatic heterocycles. The smallest absolute Gasteiger partial charge is 0.339 e. The second-order valence-electron chi connectivity index (χ2n) is 4.18. The van der Waals surface area contributed by atoms with E-state index in [9.17, 15) is 4.79 Å². The van der Waals surface area contributed by atoms with Crippen LogP contribution in [0.4, 0.5) is 0 Å². The van der Waals surface area contributed by atoms with E-state index >= 15 is 0 Å². The van der Waals surface area contributed by atoms with Gasteiger partial charge in [-0.25, -0.2) is 4.79 Å². The van der Waals surface area contributed by atoms with Crippen LogP contribution in [0.15, 0.2) is 24.4 Å². The molecule has 0 amide bonds. The SMILES string of the molecule is COC(=O)c1cccc2c(CCCCCl)c[nH]c12. The van der Waals surface area contributed by atoms with Gasteiger partial charge in [0.25, 0.3) is 0 Å². The molecule has 96 valence electrons. The van der Waals surface area contributed by atoms with Crippen molar-refractivity contribution >= 4 is 28.5 Å². The summed E-state index contributed by atoms with van der Waals surface area (Å²) < 4.78 is 4.78. The van der Waals surface area contributed by atoms with Gasteiger partial charge in [-0.3, -0.25) is 0 Å². The fourth-order valence-electron chi connectivity index (χ4n) is 2.11. The van der Waals surface area contributed by atoms with Crippen molar-refractivity contribution in [3.63, 3.8) is 0 Å². The maximum atomic E-state index is 11.6. The Morgan fingerprint density at radius 1 is 1.39 bits per heavy atom. The predicted molar refractivity (Wildman–Crippen MR) is 73.3 cm³/mol. The zero-order valence-electron chi connectivity index (χ0n) is 10.3. The number of aromatic amines is 1. The number of nitrogens with one attached hydrogen (secondary N) is 1. The van der Waals surface area contributed by atoms with Gasteiger partial charge >= 0.3 is 5.97 Å². The zero-order valence-corrected chi connectivity index (χ0v) is 11.1. The highest BCUT2D eigenvalue weighted by atomic mass is 35.5. The van der Waals surface area contributed by atoms with E-state index in [0.29, 0.717) is 11.4 Å². The Morgan fingerprint density at radius 2 is 2.22 bits per heavy atom. The van der Waals surface area contributed by atoms with Gasteiger partial charge in [-0.2, -0.15) is 0 Å². The number of esters is 1. The molecule has 4 heteroatoms. The minimum Gasteiger partial charge on any atom is -0.465 e. The maximum Gasteiger partial charge on any atom is 0.339 e. The van der Waals surface area contributed by atoms with Gasteiger partial charge in [-0.05, 0) is 30.9 Å². The van der Waals surface area contributed by atoms with E-state index in [-0.39, 0.29) is 5.97 Å². The number of hydrogen-bond acceptors (Lipinski definition) is 2. The summed E-state index contributed by atoms with van der Waals surface area (Å²) in [4.78, 5) is 14.8. The lowest BCUT2D eigenvalue weighted by atomic mass is 10.1. The first kappa shape index (κ1) is 13.0. The number of methoxy groups -OCH3 is 1. The number of H-pyrrole nitrogens is 1. The van der Waals surface area contributed by atoms with Crippen LogP contribution in [0.1, 0.15) is 28.8 Å². The van der Waals surface area contributed by atoms with E-state index in [1.54, 1.807) is 6.07 Å². The van der Waals surface area contributed by atoms with Crippen LogP contribution in [0.2, 0.25) is 0 Å².